The largest absolute Gasteiger partial charge is 0.336 e. The monoisotopic (exact) mass is 360 g/mol. The molecule has 1 fully saturated rings. The first-order valence-corrected chi connectivity index (χ1v) is 9.25. The molecule has 1 aromatic carbocycles. The Labute approximate surface area is 154 Å². The maximum absolute atomic E-state index is 12.6. The molecule has 0 saturated carbocycles. The molecule has 1 aromatic heterocycles. The quantitative estimate of drug-likeness (QED) is 0.860. The summed E-state index contributed by atoms with van der Waals surface area (Å²) in [4.78, 5) is 16.9. The van der Waals surface area contributed by atoms with Crippen LogP contribution in [0.15, 0.2) is 36.5 Å². The fraction of sp³-hybridized carbons (Fsp3) is 0.474. The third-order valence-electron chi connectivity index (χ3n) is 4.94. The minimum absolute atomic E-state index is 0.0846. The maximum atomic E-state index is 12.6. The highest BCUT2D eigenvalue weighted by Crippen LogP contribution is 2.20. The first kappa shape index (κ1) is 18.0. The lowest BCUT2D eigenvalue weighted by atomic mass is 10.0. The van der Waals surface area contributed by atoms with E-state index in [9.17, 15) is 4.79 Å². The Hall–Kier alpha value is -1.85. The molecule has 1 aliphatic rings. The number of H-pyrrole nitrogens is 1. The second-order valence-corrected chi connectivity index (χ2v) is 7.10. The van der Waals surface area contributed by atoms with Crippen LogP contribution in [-0.4, -0.2) is 58.6 Å². The summed E-state index contributed by atoms with van der Waals surface area (Å²) in [6.45, 7) is 3.10. The van der Waals surface area contributed by atoms with Crippen LogP contribution in [-0.2, 0) is 6.42 Å². The van der Waals surface area contributed by atoms with Crippen molar-refractivity contribution in [3.05, 3.63) is 52.8 Å². The van der Waals surface area contributed by atoms with Crippen molar-refractivity contribution in [1.29, 1.82) is 0 Å². The van der Waals surface area contributed by atoms with Gasteiger partial charge >= 0.3 is 0 Å². The fourth-order valence-electron chi connectivity index (χ4n) is 3.47. The van der Waals surface area contributed by atoms with E-state index in [0.717, 1.165) is 45.3 Å². The molecule has 2 aromatic rings. The molecule has 1 amide bonds. The Morgan fingerprint density at radius 2 is 2.20 bits per heavy atom. The Balaban J connectivity index is 1.50. The van der Waals surface area contributed by atoms with Crippen LogP contribution in [0, 0.1) is 0 Å². The molecular weight excluding hydrogens is 336 g/mol. The number of benzene rings is 1. The van der Waals surface area contributed by atoms with E-state index in [-0.39, 0.29) is 11.9 Å². The van der Waals surface area contributed by atoms with Crippen molar-refractivity contribution < 1.29 is 4.79 Å². The Bertz CT molecular complexity index is 688. The van der Waals surface area contributed by atoms with Crippen LogP contribution in [0.1, 0.15) is 35.3 Å². The lowest BCUT2D eigenvalue weighted by molar-refractivity contribution is 0.0611. The highest BCUT2D eigenvalue weighted by molar-refractivity contribution is 6.33. The van der Waals surface area contributed by atoms with Crippen LogP contribution in [0.25, 0.3) is 0 Å². The van der Waals surface area contributed by atoms with Gasteiger partial charge in [-0.05, 0) is 44.3 Å². The zero-order chi connectivity index (χ0) is 17.6. The van der Waals surface area contributed by atoms with Crippen molar-refractivity contribution in [3.63, 3.8) is 0 Å². The molecule has 2 heterocycles. The van der Waals surface area contributed by atoms with Gasteiger partial charge in [-0.2, -0.15) is 5.10 Å². The number of nitrogens with zero attached hydrogens (tertiary/aromatic N) is 3. The standard InChI is InChI=1S/C19H25ClN4O/c1-23(19(25)18-17(20)13-21-22-18)16-10-6-12-24(14-16)11-5-9-15-7-3-2-4-8-15/h2-4,7-8,13,16H,5-6,9-12,14H2,1H3,(H,21,22)/t16-/m0/s1. The van der Waals surface area contributed by atoms with Crippen LogP contribution in [0.5, 0.6) is 0 Å². The average molecular weight is 361 g/mol. The second-order valence-electron chi connectivity index (χ2n) is 6.69. The third-order valence-corrected chi connectivity index (χ3v) is 5.22. The van der Waals surface area contributed by atoms with Crippen molar-refractivity contribution in [2.75, 3.05) is 26.7 Å². The number of likely N-dealkylation sites (tertiary alicyclic amines) is 1. The van der Waals surface area contributed by atoms with Crippen molar-refractivity contribution in [2.24, 2.45) is 0 Å². The summed E-state index contributed by atoms with van der Waals surface area (Å²) in [5.41, 5.74) is 1.77. The van der Waals surface area contributed by atoms with Crippen molar-refractivity contribution in [1.82, 2.24) is 20.0 Å². The number of carbonyl (C=O) groups excluding carboxylic acids is 1. The molecule has 1 atom stereocenters. The van der Waals surface area contributed by atoms with Crippen LogP contribution in [0.3, 0.4) is 0 Å². The molecule has 0 spiro atoms. The minimum atomic E-state index is -0.0846. The van der Waals surface area contributed by atoms with Crippen LogP contribution in [0.4, 0.5) is 0 Å². The predicted octanol–water partition coefficient (Wildman–Crippen LogP) is 3.23. The summed E-state index contributed by atoms with van der Waals surface area (Å²) < 4.78 is 0. The van der Waals surface area contributed by atoms with Gasteiger partial charge < -0.3 is 9.80 Å². The van der Waals surface area contributed by atoms with Gasteiger partial charge in [-0.3, -0.25) is 9.89 Å². The van der Waals surface area contributed by atoms with E-state index < -0.39 is 0 Å². The summed E-state index contributed by atoms with van der Waals surface area (Å²) >= 11 is 6.02. The van der Waals surface area contributed by atoms with Gasteiger partial charge in [0.2, 0.25) is 0 Å². The highest BCUT2D eigenvalue weighted by Gasteiger charge is 2.28. The number of aryl methyl sites for hydroxylation is 1. The Morgan fingerprint density at radius 3 is 2.92 bits per heavy atom. The van der Waals surface area contributed by atoms with Gasteiger partial charge in [0.15, 0.2) is 0 Å². The van der Waals surface area contributed by atoms with E-state index in [1.807, 2.05) is 11.9 Å². The van der Waals surface area contributed by atoms with Gasteiger partial charge in [0, 0.05) is 19.6 Å². The third kappa shape index (κ3) is 4.61. The molecule has 0 radical (unpaired) electrons. The topological polar surface area (TPSA) is 52.2 Å². The Morgan fingerprint density at radius 1 is 1.40 bits per heavy atom. The fourth-order valence-corrected chi connectivity index (χ4v) is 3.64. The van der Waals surface area contributed by atoms with E-state index in [1.54, 1.807) is 0 Å². The maximum Gasteiger partial charge on any atom is 0.273 e. The molecule has 25 heavy (non-hydrogen) atoms. The molecule has 5 nitrogen and oxygen atoms in total. The van der Waals surface area contributed by atoms with E-state index in [1.165, 1.54) is 11.8 Å². The van der Waals surface area contributed by atoms with Crippen molar-refractivity contribution in [3.8, 4) is 0 Å². The summed E-state index contributed by atoms with van der Waals surface area (Å²) in [6, 6.07) is 10.8. The number of hydrogen-bond acceptors (Lipinski definition) is 3. The number of halogens is 1. The summed E-state index contributed by atoms with van der Waals surface area (Å²) in [5, 5.41) is 6.92. The molecule has 3 rings (SSSR count). The molecule has 1 aliphatic heterocycles. The number of amides is 1. The van der Waals surface area contributed by atoms with Gasteiger partial charge in [-0.25, -0.2) is 0 Å². The number of hydrogen-bond donors (Lipinski definition) is 1. The first-order valence-electron chi connectivity index (χ1n) is 8.87. The van der Waals surface area contributed by atoms with Gasteiger partial charge in [0.1, 0.15) is 5.69 Å². The first-order chi connectivity index (χ1) is 12.1. The molecule has 1 N–H and O–H groups in total. The summed E-state index contributed by atoms with van der Waals surface area (Å²) in [5.74, 6) is -0.0846. The van der Waals surface area contributed by atoms with Gasteiger partial charge in [-0.1, -0.05) is 41.9 Å². The SMILES string of the molecule is CN(C(=O)c1[nH]ncc1Cl)[C@H]1CCCN(CCCc2ccccc2)C1. The lowest BCUT2D eigenvalue weighted by Crippen LogP contribution is -2.48. The van der Waals surface area contributed by atoms with Crippen LogP contribution in [0.2, 0.25) is 5.02 Å². The summed E-state index contributed by atoms with van der Waals surface area (Å²) in [7, 11) is 1.86. The second kappa shape index (κ2) is 8.50. The van der Waals surface area contributed by atoms with Crippen LogP contribution >= 0.6 is 11.6 Å². The van der Waals surface area contributed by atoms with Crippen LogP contribution < -0.4 is 0 Å². The Kier molecular flexibility index (Phi) is 6.10. The molecule has 0 aliphatic carbocycles. The molecule has 0 bridgehead atoms. The van der Waals surface area contributed by atoms with Gasteiger partial charge in [-0.15, -0.1) is 0 Å². The zero-order valence-electron chi connectivity index (χ0n) is 14.6. The van der Waals surface area contributed by atoms with E-state index >= 15 is 0 Å². The molecule has 134 valence electrons. The van der Waals surface area contributed by atoms with Gasteiger partial charge in [0.25, 0.3) is 5.91 Å². The number of carbonyl (C=O) groups is 1. The number of aromatic nitrogens is 2. The van der Waals surface area contributed by atoms with Gasteiger partial charge in [0.05, 0.1) is 11.2 Å². The van der Waals surface area contributed by atoms with E-state index in [0.29, 0.717) is 10.7 Å². The average Bonchev–Trinajstić information content (AvgIpc) is 3.07. The molecule has 1 saturated heterocycles. The number of aromatic amines is 1. The predicted molar refractivity (Wildman–Crippen MR) is 99.9 cm³/mol. The number of piperidine rings is 1. The van der Waals surface area contributed by atoms with Crippen molar-refractivity contribution >= 4 is 17.5 Å². The van der Waals surface area contributed by atoms with E-state index in [2.05, 4.69) is 45.4 Å². The number of likely N-dealkylation sites (N-methyl/N-ethyl adjacent to an activating group) is 1. The minimum Gasteiger partial charge on any atom is -0.336 e. The normalized spacial score (nSPS) is 18.2. The highest BCUT2D eigenvalue weighted by atomic mass is 35.5. The van der Waals surface area contributed by atoms with Crippen molar-refractivity contribution in [2.45, 2.75) is 31.7 Å². The number of nitrogens with one attached hydrogen (secondary N) is 1. The van der Waals surface area contributed by atoms with E-state index in [4.69, 9.17) is 11.6 Å². The number of rotatable bonds is 6. The zero-order valence-corrected chi connectivity index (χ0v) is 15.4. The lowest BCUT2D eigenvalue weighted by Gasteiger charge is -2.37. The smallest absolute Gasteiger partial charge is 0.273 e. The summed E-state index contributed by atoms with van der Waals surface area (Å²) in [6.07, 6.45) is 5.86. The molecule has 6 heteroatoms. The molecular formula is C19H25ClN4O. The molecule has 0 unspecified atom stereocenters.